The summed E-state index contributed by atoms with van der Waals surface area (Å²) in [5.74, 6) is 5.97. The van der Waals surface area contributed by atoms with Crippen molar-refractivity contribution in [1.82, 2.24) is 5.01 Å². The van der Waals surface area contributed by atoms with Gasteiger partial charge in [-0.2, -0.15) is 0 Å². The van der Waals surface area contributed by atoms with Crippen molar-refractivity contribution in [3.8, 4) is 0 Å². The Kier molecular flexibility index (Phi) is 2.72. The van der Waals surface area contributed by atoms with Crippen molar-refractivity contribution in [3.63, 3.8) is 0 Å². The largest absolute Gasteiger partial charge is 0.361 e. The molecule has 1 heterocycles. The summed E-state index contributed by atoms with van der Waals surface area (Å²) in [7, 11) is 0. The molecular weight excluding hydrogens is 140 g/mol. The zero-order valence-corrected chi connectivity index (χ0v) is 5.97. The zero-order valence-electron chi connectivity index (χ0n) is 5.22. The van der Waals surface area contributed by atoms with Gasteiger partial charge < -0.3 is 4.74 Å². The Bertz CT molecular complexity index is 91.0. The third kappa shape index (κ3) is 1.79. The van der Waals surface area contributed by atoms with E-state index < -0.39 is 0 Å². The van der Waals surface area contributed by atoms with Gasteiger partial charge in [0.15, 0.2) is 0 Å². The summed E-state index contributed by atoms with van der Waals surface area (Å²) in [4.78, 5) is 0. The van der Waals surface area contributed by atoms with Crippen LogP contribution >= 0.6 is 11.6 Å². The van der Waals surface area contributed by atoms with Crippen molar-refractivity contribution in [1.29, 1.82) is 0 Å². The lowest BCUT2D eigenvalue weighted by Gasteiger charge is -2.30. The van der Waals surface area contributed by atoms with Gasteiger partial charge in [-0.05, 0) is 6.42 Å². The van der Waals surface area contributed by atoms with Crippen LogP contribution in [0.5, 0.6) is 0 Å². The minimum Gasteiger partial charge on any atom is -0.361 e. The molecule has 2 N–H and O–H groups in total. The van der Waals surface area contributed by atoms with E-state index in [-0.39, 0.29) is 6.23 Å². The lowest BCUT2D eigenvalue weighted by atomic mass is 10.4. The van der Waals surface area contributed by atoms with Crippen LogP contribution in [0.25, 0.3) is 0 Å². The van der Waals surface area contributed by atoms with E-state index in [1.54, 1.807) is 5.01 Å². The fraction of sp³-hybridized carbons (Fsp3) is 1.00. The molecule has 1 unspecified atom stereocenters. The Hall–Kier alpha value is 0.170. The monoisotopic (exact) mass is 150 g/mol. The fourth-order valence-corrected chi connectivity index (χ4v) is 1.11. The molecule has 1 saturated heterocycles. The molecule has 0 aromatic heterocycles. The second kappa shape index (κ2) is 3.37. The Morgan fingerprint density at radius 3 is 3.00 bits per heavy atom. The fourth-order valence-electron chi connectivity index (χ4n) is 0.839. The number of nitrogens with two attached hydrogens (primary N) is 1. The molecule has 1 aliphatic rings. The molecule has 0 amide bonds. The highest BCUT2D eigenvalue weighted by Gasteiger charge is 2.17. The van der Waals surface area contributed by atoms with Gasteiger partial charge in [-0.1, -0.05) is 0 Å². The molecule has 1 aliphatic heterocycles. The second-order valence-corrected chi connectivity index (χ2v) is 2.38. The minimum atomic E-state index is -0.0691. The molecule has 0 saturated carbocycles. The highest BCUT2D eigenvalue weighted by molar-refractivity contribution is 6.18. The number of hydrogen-bond acceptors (Lipinski definition) is 3. The minimum absolute atomic E-state index is 0.0691. The molecule has 1 fully saturated rings. The van der Waals surface area contributed by atoms with Crippen LogP contribution in [0.4, 0.5) is 0 Å². The van der Waals surface area contributed by atoms with Crippen LogP contribution in [0, 0.1) is 0 Å². The third-order valence-electron chi connectivity index (χ3n) is 1.37. The summed E-state index contributed by atoms with van der Waals surface area (Å²) in [6, 6.07) is 0. The van der Waals surface area contributed by atoms with Gasteiger partial charge in [-0.25, -0.2) is 5.01 Å². The maximum atomic E-state index is 5.53. The SMILES string of the molecule is NN1CCCOC1CCl. The van der Waals surface area contributed by atoms with Crippen LogP contribution in [0.1, 0.15) is 6.42 Å². The van der Waals surface area contributed by atoms with Crippen molar-refractivity contribution in [3.05, 3.63) is 0 Å². The van der Waals surface area contributed by atoms with E-state index in [0.29, 0.717) is 5.88 Å². The molecule has 0 spiro atoms. The predicted molar refractivity (Wildman–Crippen MR) is 36.0 cm³/mol. The number of halogens is 1. The molecule has 0 bridgehead atoms. The van der Waals surface area contributed by atoms with Gasteiger partial charge >= 0.3 is 0 Å². The molecular formula is C5H11ClN2O. The summed E-state index contributed by atoms with van der Waals surface area (Å²) < 4.78 is 5.21. The number of ether oxygens (including phenoxy) is 1. The molecule has 4 heteroatoms. The average molecular weight is 151 g/mol. The second-order valence-electron chi connectivity index (χ2n) is 2.07. The molecule has 1 rings (SSSR count). The molecule has 0 aromatic carbocycles. The molecule has 9 heavy (non-hydrogen) atoms. The van der Waals surface area contributed by atoms with Crippen LogP contribution in [0.15, 0.2) is 0 Å². The number of hydrazine groups is 1. The van der Waals surface area contributed by atoms with Crippen molar-refractivity contribution >= 4 is 11.6 Å². The standard InChI is InChI=1S/C5H11ClN2O/c6-4-5-8(7)2-1-3-9-5/h5H,1-4,7H2. The Morgan fingerprint density at radius 1 is 1.78 bits per heavy atom. The first-order valence-electron chi connectivity index (χ1n) is 3.03. The first-order valence-corrected chi connectivity index (χ1v) is 3.57. The Morgan fingerprint density at radius 2 is 2.56 bits per heavy atom. The van der Waals surface area contributed by atoms with Crippen LogP contribution in [0.3, 0.4) is 0 Å². The van der Waals surface area contributed by atoms with E-state index in [0.717, 1.165) is 19.6 Å². The van der Waals surface area contributed by atoms with Gasteiger partial charge in [0.05, 0.1) is 12.5 Å². The highest BCUT2D eigenvalue weighted by Crippen LogP contribution is 2.06. The summed E-state index contributed by atoms with van der Waals surface area (Å²) in [5.41, 5.74) is 0. The average Bonchev–Trinajstić information content (AvgIpc) is 1.89. The van der Waals surface area contributed by atoms with E-state index >= 15 is 0 Å². The van der Waals surface area contributed by atoms with Gasteiger partial charge in [-0.15, -0.1) is 11.6 Å². The van der Waals surface area contributed by atoms with E-state index in [9.17, 15) is 0 Å². The topological polar surface area (TPSA) is 38.5 Å². The normalized spacial score (nSPS) is 30.7. The van der Waals surface area contributed by atoms with E-state index in [1.807, 2.05) is 0 Å². The number of rotatable bonds is 1. The molecule has 1 atom stereocenters. The quantitative estimate of drug-likeness (QED) is 0.427. The molecule has 0 aromatic rings. The van der Waals surface area contributed by atoms with Crippen LogP contribution < -0.4 is 5.84 Å². The van der Waals surface area contributed by atoms with Gasteiger partial charge in [0.1, 0.15) is 6.23 Å². The number of alkyl halides is 1. The summed E-state index contributed by atoms with van der Waals surface area (Å²) >= 11 is 5.53. The van der Waals surface area contributed by atoms with E-state index in [4.69, 9.17) is 22.2 Å². The van der Waals surface area contributed by atoms with Gasteiger partial charge in [-0.3, -0.25) is 5.84 Å². The van der Waals surface area contributed by atoms with E-state index in [2.05, 4.69) is 0 Å². The summed E-state index contributed by atoms with van der Waals surface area (Å²) in [5, 5.41) is 1.64. The molecule has 0 aliphatic carbocycles. The molecule has 0 radical (unpaired) electrons. The first-order chi connectivity index (χ1) is 4.34. The summed E-state index contributed by atoms with van der Waals surface area (Å²) in [6.45, 7) is 1.67. The predicted octanol–water partition coefficient (Wildman–Crippen LogP) is 0.147. The lowest BCUT2D eigenvalue weighted by molar-refractivity contribution is -0.0822. The maximum Gasteiger partial charge on any atom is 0.136 e. The maximum absolute atomic E-state index is 5.53. The van der Waals surface area contributed by atoms with Crippen molar-refractivity contribution in [2.24, 2.45) is 5.84 Å². The smallest absolute Gasteiger partial charge is 0.136 e. The molecule has 3 nitrogen and oxygen atoms in total. The Balaban J connectivity index is 2.30. The van der Waals surface area contributed by atoms with Gasteiger partial charge in [0, 0.05) is 6.54 Å². The molecule has 54 valence electrons. The van der Waals surface area contributed by atoms with Crippen LogP contribution in [-0.4, -0.2) is 30.3 Å². The van der Waals surface area contributed by atoms with Crippen LogP contribution in [0.2, 0.25) is 0 Å². The third-order valence-corrected chi connectivity index (χ3v) is 1.64. The van der Waals surface area contributed by atoms with E-state index in [1.165, 1.54) is 0 Å². The van der Waals surface area contributed by atoms with Crippen molar-refractivity contribution in [2.45, 2.75) is 12.6 Å². The van der Waals surface area contributed by atoms with Crippen LogP contribution in [-0.2, 0) is 4.74 Å². The lowest BCUT2D eigenvalue weighted by Crippen LogP contribution is -2.48. The van der Waals surface area contributed by atoms with Gasteiger partial charge in [0.25, 0.3) is 0 Å². The number of nitrogens with zero attached hydrogens (tertiary/aromatic N) is 1. The zero-order chi connectivity index (χ0) is 6.69. The highest BCUT2D eigenvalue weighted by atomic mass is 35.5. The van der Waals surface area contributed by atoms with Crippen molar-refractivity contribution < 1.29 is 4.74 Å². The first kappa shape index (κ1) is 7.28. The van der Waals surface area contributed by atoms with Gasteiger partial charge in [0.2, 0.25) is 0 Å². The Labute approximate surface area is 59.7 Å². The summed E-state index contributed by atoms with van der Waals surface area (Å²) in [6.07, 6.45) is 0.935. The number of hydrogen-bond donors (Lipinski definition) is 1. The van der Waals surface area contributed by atoms with Crippen molar-refractivity contribution in [2.75, 3.05) is 19.0 Å².